The molecule has 0 bridgehead atoms. The maximum atomic E-state index is 11.2. The van der Waals surface area contributed by atoms with Crippen LogP contribution in [0.25, 0.3) is 0 Å². The fraction of sp³-hybridized carbons (Fsp3) is 0.417. The van der Waals surface area contributed by atoms with Crippen LogP contribution in [0.15, 0.2) is 22.7 Å². The summed E-state index contributed by atoms with van der Waals surface area (Å²) in [6, 6.07) is 5.43. The maximum absolute atomic E-state index is 11.2. The Labute approximate surface area is 109 Å². The lowest BCUT2D eigenvalue weighted by atomic mass is 10.1. The Hall–Kier alpha value is -1.07. The van der Waals surface area contributed by atoms with E-state index in [1.807, 2.05) is 12.1 Å². The van der Waals surface area contributed by atoms with Crippen LogP contribution in [-0.4, -0.2) is 49.2 Å². The monoisotopic (exact) mass is 298 g/mol. The number of rotatable bonds is 2. The van der Waals surface area contributed by atoms with Crippen LogP contribution >= 0.6 is 15.9 Å². The highest BCUT2D eigenvalue weighted by atomic mass is 79.9. The standard InChI is InChI=1S/C12H15BrN2O2/c1-14-4-6-15(7-5-14)11-3-2-9(13)8-10(11)12(16)17/h2-3,8H,4-7H2,1H3,(H,16,17). The Bertz CT molecular complexity index is 429. The first kappa shape index (κ1) is 12.4. The van der Waals surface area contributed by atoms with Crippen molar-refractivity contribution < 1.29 is 9.90 Å². The molecule has 0 atom stereocenters. The van der Waals surface area contributed by atoms with Crippen molar-refractivity contribution in [1.82, 2.24) is 4.90 Å². The summed E-state index contributed by atoms with van der Waals surface area (Å²) in [5.41, 5.74) is 1.18. The number of likely N-dealkylation sites (N-methyl/N-ethyl adjacent to an activating group) is 1. The summed E-state index contributed by atoms with van der Waals surface area (Å²) in [4.78, 5) is 15.6. The van der Waals surface area contributed by atoms with Crippen molar-refractivity contribution in [1.29, 1.82) is 0 Å². The molecule has 0 aromatic heterocycles. The van der Waals surface area contributed by atoms with Crippen LogP contribution in [0.4, 0.5) is 5.69 Å². The van der Waals surface area contributed by atoms with Crippen molar-refractivity contribution in [3.05, 3.63) is 28.2 Å². The quantitative estimate of drug-likeness (QED) is 0.906. The molecule has 0 amide bonds. The lowest BCUT2D eigenvalue weighted by molar-refractivity contribution is 0.0697. The highest BCUT2D eigenvalue weighted by Gasteiger charge is 2.19. The van der Waals surface area contributed by atoms with Crippen LogP contribution in [0.5, 0.6) is 0 Å². The molecule has 1 saturated heterocycles. The molecule has 5 heteroatoms. The van der Waals surface area contributed by atoms with Gasteiger partial charge in [-0.3, -0.25) is 0 Å². The zero-order valence-electron chi connectivity index (χ0n) is 9.69. The van der Waals surface area contributed by atoms with E-state index in [2.05, 4.69) is 32.8 Å². The third-order valence-electron chi connectivity index (χ3n) is 3.03. The summed E-state index contributed by atoms with van der Waals surface area (Å²) in [5, 5.41) is 9.21. The molecule has 1 aromatic carbocycles. The predicted octanol–water partition coefficient (Wildman–Crippen LogP) is 1.90. The number of anilines is 1. The maximum Gasteiger partial charge on any atom is 0.337 e. The largest absolute Gasteiger partial charge is 0.478 e. The zero-order chi connectivity index (χ0) is 12.4. The SMILES string of the molecule is CN1CCN(c2ccc(Br)cc2C(=O)O)CC1. The Morgan fingerprint density at radius 1 is 1.29 bits per heavy atom. The number of hydrogen-bond acceptors (Lipinski definition) is 3. The van der Waals surface area contributed by atoms with E-state index in [9.17, 15) is 9.90 Å². The van der Waals surface area contributed by atoms with Gasteiger partial charge in [0.25, 0.3) is 0 Å². The number of aromatic carboxylic acids is 1. The normalized spacial score (nSPS) is 17.2. The third kappa shape index (κ3) is 2.79. The fourth-order valence-corrected chi connectivity index (χ4v) is 2.36. The van der Waals surface area contributed by atoms with E-state index in [0.29, 0.717) is 5.56 Å². The molecule has 0 radical (unpaired) electrons. The average molecular weight is 299 g/mol. The molecule has 92 valence electrons. The number of carboxylic acid groups (broad SMARTS) is 1. The van der Waals surface area contributed by atoms with E-state index in [-0.39, 0.29) is 0 Å². The van der Waals surface area contributed by atoms with Gasteiger partial charge in [0, 0.05) is 30.7 Å². The van der Waals surface area contributed by atoms with Gasteiger partial charge in [0.2, 0.25) is 0 Å². The number of carboxylic acids is 1. The smallest absolute Gasteiger partial charge is 0.337 e. The van der Waals surface area contributed by atoms with Crippen LogP contribution in [0.2, 0.25) is 0 Å². The van der Waals surface area contributed by atoms with Crippen molar-refractivity contribution in [3.8, 4) is 0 Å². The van der Waals surface area contributed by atoms with Gasteiger partial charge in [-0.2, -0.15) is 0 Å². The Balaban J connectivity index is 2.28. The van der Waals surface area contributed by atoms with Crippen LogP contribution in [0.3, 0.4) is 0 Å². The Morgan fingerprint density at radius 2 is 1.94 bits per heavy atom. The van der Waals surface area contributed by atoms with E-state index in [0.717, 1.165) is 36.3 Å². The highest BCUT2D eigenvalue weighted by molar-refractivity contribution is 9.10. The van der Waals surface area contributed by atoms with E-state index in [1.54, 1.807) is 6.07 Å². The van der Waals surface area contributed by atoms with Crippen molar-refractivity contribution in [2.24, 2.45) is 0 Å². The minimum absolute atomic E-state index is 0.365. The average Bonchev–Trinajstić information content (AvgIpc) is 2.30. The van der Waals surface area contributed by atoms with Gasteiger partial charge in [-0.1, -0.05) is 15.9 Å². The van der Waals surface area contributed by atoms with Crippen molar-refractivity contribution in [2.75, 3.05) is 38.1 Å². The molecule has 17 heavy (non-hydrogen) atoms. The number of hydrogen-bond donors (Lipinski definition) is 1. The summed E-state index contributed by atoms with van der Waals surface area (Å²) in [6.45, 7) is 3.68. The predicted molar refractivity (Wildman–Crippen MR) is 70.8 cm³/mol. The molecule has 4 nitrogen and oxygen atoms in total. The number of nitrogens with zero attached hydrogens (tertiary/aromatic N) is 2. The van der Waals surface area contributed by atoms with Gasteiger partial charge in [0.05, 0.1) is 11.3 Å². The third-order valence-corrected chi connectivity index (χ3v) is 3.53. The molecule has 1 fully saturated rings. The Kier molecular flexibility index (Phi) is 3.69. The molecule has 0 saturated carbocycles. The molecule has 1 N–H and O–H groups in total. The highest BCUT2D eigenvalue weighted by Crippen LogP contribution is 2.25. The van der Waals surface area contributed by atoms with Crippen LogP contribution in [0, 0.1) is 0 Å². The summed E-state index contributed by atoms with van der Waals surface area (Å²) in [5.74, 6) is -0.875. The second-order valence-electron chi connectivity index (χ2n) is 4.26. The lowest BCUT2D eigenvalue weighted by Gasteiger charge is -2.34. The van der Waals surface area contributed by atoms with Crippen LogP contribution in [0.1, 0.15) is 10.4 Å². The summed E-state index contributed by atoms with van der Waals surface area (Å²) in [6.07, 6.45) is 0. The van der Waals surface area contributed by atoms with Crippen LogP contribution < -0.4 is 4.90 Å². The second kappa shape index (κ2) is 5.06. The minimum Gasteiger partial charge on any atom is -0.478 e. The van der Waals surface area contributed by atoms with E-state index in [1.165, 1.54) is 0 Å². The molecular weight excluding hydrogens is 284 g/mol. The first-order chi connectivity index (χ1) is 8.08. The lowest BCUT2D eigenvalue weighted by Crippen LogP contribution is -2.45. The van der Waals surface area contributed by atoms with E-state index >= 15 is 0 Å². The summed E-state index contributed by atoms with van der Waals surface area (Å²) < 4.78 is 0.799. The van der Waals surface area contributed by atoms with E-state index in [4.69, 9.17) is 0 Å². The van der Waals surface area contributed by atoms with Gasteiger partial charge in [-0.05, 0) is 25.2 Å². The van der Waals surface area contributed by atoms with Gasteiger partial charge >= 0.3 is 5.97 Å². The van der Waals surface area contributed by atoms with Gasteiger partial charge in [0.1, 0.15) is 0 Å². The molecule has 0 aliphatic carbocycles. The zero-order valence-corrected chi connectivity index (χ0v) is 11.3. The van der Waals surface area contributed by atoms with E-state index < -0.39 is 5.97 Å². The van der Waals surface area contributed by atoms with Gasteiger partial charge in [-0.15, -0.1) is 0 Å². The first-order valence-electron chi connectivity index (χ1n) is 5.54. The fourth-order valence-electron chi connectivity index (χ4n) is 2.00. The first-order valence-corrected chi connectivity index (χ1v) is 6.33. The molecule has 1 heterocycles. The second-order valence-corrected chi connectivity index (χ2v) is 5.17. The molecule has 0 spiro atoms. The molecule has 1 aliphatic heterocycles. The topological polar surface area (TPSA) is 43.8 Å². The van der Waals surface area contributed by atoms with Gasteiger partial charge in [0.15, 0.2) is 0 Å². The van der Waals surface area contributed by atoms with Gasteiger partial charge in [-0.25, -0.2) is 4.79 Å². The van der Waals surface area contributed by atoms with Gasteiger partial charge < -0.3 is 14.9 Å². The van der Waals surface area contributed by atoms with Crippen molar-refractivity contribution in [2.45, 2.75) is 0 Å². The Morgan fingerprint density at radius 3 is 2.53 bits per heavy atom. The summed E-state index contributed by atoms with van der Waals surface area (Å²) >= 11 is 3.31. The van der Waals surface area contributed by atoms with Crippen molar-refractivity contribution in [3.63, 3.8) is 0 Å². The molecular formula is C12H15BrN2O2. The molecule has 2 rings (SSSR count). The minimum atomic E-state index is -0.875. The number of halogens is 1. The molecule has 0 unspecified atom stereocenters. The van der Waals surface area contributed by atoms with Crippen molar-refractivity contribution >= 4 is 27.6 Å². The number of piperazine rings is 1. The number of carbonyl (C=O) groups is 1. The number of benzene rings is 1. The van der Waals surface area contributed by atoms with Crippen LogP contribution in [-0.2, 0) is 0 Å². The summed E-state index contributed by atoms with van der Waals surface area (Å²) in [7, 11) is 2.08. The molecule has 1 aliphatic rings. The molecule has 1 aromatic rings.